The fourth-order valence-electron chi connectivity index (χ4n) is 10.1. The number of rotatable bonds is 63. The van der Waals surface area contributed by atoms with Gasteiger partial charge in [0.1, 0.15) is 13.2 Å². The first kappa shape index (κ1) is 75.8. The third-order valence-electron chi connectivity index (χ3n) is 15.2. The first-order valence-electron chi connectivity index (χ1n) is 34.4. The van der Waals surface area contributed by atoms with Gasteiger partial charge in [0.05, 0.1) is 0 Å². The van der Waals surface area contributed by atoms with E-state index in [-0.39, 0.29) is 31.1 Å². The van der Waals surface area contributed by atoms with Crippen LogP contribution in [0.3, 0.4) is 0 Å². The Kier molecular flexibility index (Phi) is 64.7. The van der Waals surface area contributed by atoms with Crippen LogP contribution >= 0.6 is 0 Å². The Morgan fingerprint density at radius 3 is 0.785 bits per heavy atom. The number of allylic oxidation sites excluding steroid dienone is 12. The molecule has 6 nitrogen and oxygen atoms in total. The predicted molar refractivity (Wildman–Crippen MR) is 344 cm³/mol. The molecule has 0 saturated carbocycles. The molecule has 0 saturated heterocycles. The summed E-state index contributed by atoms with van der Waals surface area (Å²) < 4.78 is 16.9. The molecule has 1 atom stereocenters. The van der Waals surface area contributed by atoms with Gasteiger partial charge in [-0.3, -0.25) is 14.4 Å². The van der Waals surface area contributed by atoms with E-state index in [1.54, 1.807) is 0 Å². The van der Waals surface area contributed by atoms with Gasteiger partial charge < -0.3 is 14.2 Å². The molecule has 0 aromatic rings. The van der Waals surface area contributed by atoms with Gasteiger partial charge in [-0.2, -0.15) is 0 Å². The molecule has 0 aliphatic carbocycles. The number of esters is 3. The van der Waals surface area contributed by atoms with E-state index in [0.29, 0.717) is 19.3 Å². The molecule has 458 valence electrons. The van der Waals surface area contributed by atoms with Crippen LogP contribution in [0.15, 0.2) is 72.9 Å². The van der Waals surface area contributed by atoms with Crippen LogP contribution in [0.5, 0.6) is 0 Å². The second kappa shape index (κ2) is 67.4. The van der Waals surface area contributed by atoms with Gasteiger partial charge in [-0.15, -0.1) is 0 Å². The number of hydrogen-bond acceptors (Lipinski definition) is 6. The predicted octanol–water partition coefficient (Wildman–Crippen LogP) is 23.7. The van der Waals surface area contributed by atoms with E-state index < -0.39 is 6.10 Å². The maximum Gasteiger partial charge on any atom is 0.306 e. The summed E-state index contributed by atoms with van der Waals surface area (Å²) in [6.07, 6.45) is 88.2. The highest BCUT2D eigenvalue weighted by Crippen LogP contribution is 2.18. The van der Waals surface area contributed by atoms with Crippen LogP contribution in [0, 0.1) is 0 Å². The lowest BCUT2D eigenvalue weighted by Gasteiger charge is -2.18. The van der Waals surface area contributed by atoms with Crippen molar-refractivity contribution in [3.8, 4) is 0 Å². The van der Waals surface area contributed by atoms with Gasteiger partial charge in [-0.25, -0.2) is 0 Å². The molecule has 0 radical (unpaired) electrons. The van der Waals surface area contributed by atoms with Crippen LogP contribution < -0.4 is 0 Å². The average Bonchev–Trinajstić information content (AvgIpc) is 3.45. The van der Waals surface area contributed by atoms with Gasteiger partial charge >= 0.3 is 17.9 Å². The first-order chi connectivity index (χ1) is 39.0. The molecule has 0 spiro atoms. The molecule has 0 heterocycles. The van der Waals surface area contributed by atoms with Crippen molar-refractivity contribution < 1.29 is 28.6 Å². The molecule has 79 heavy (non-hydrogen) atoms. The van der Waals surface area contributed by atoms with E-state index in [9.17, 15) is 14.4 Å². The normalized spacial score (nSPS) is 12.5. The summed E-state index contributed by atoms with van der Waals surface area (Å²) in [6, 6.07) is 0. The number of carbonyl (C=O) groups is 3. The van der Waals surface area contributed by atoms with Gasteiger partial charge in [0.2, 0.25) is 0 Å². The van der Waals surface area contributed by atoms with Crippen molar-refractivity contribution in [2.75, 3.05) is 13.2 Å². The number of ether oxygens (including phenoxy) is 3. The zero-order chi connectivity index (χ0) is 57.1. The van der Waals surface area contributed by atoms with Gasteiger partial charge in [-0.05, 0) is 89.9 Å². The van der Waals surface area contributed by atoms with Crippen molar-refractivity contribution in [2.45, 2.75) is 361 Å². The van der Waals surface area contributed by atoms with E-state index in [4.69, 9.17) is 14.2 Å². The second-order valence-corrected chi connectivity index (χ2v) is 23.1. The highest BCUT2D eigenvalue weighted by molar-refractivity contribution is 5.71. The molecule has 0 rings (SSSR count). The summed E-state index contributed by atoms with van der Waals surface area (Å²) in [5, 5.41) is 0. The number of carbonyl (C=O) groups excluding carboxylic acids is 3. The summed E-state index contributed by atoms with van der Waals surface area (Å²) in [5.41, 5.74) is 0. The Morgan fingerprint density at radius 2 is 0.494 bits per heavy atom. The summed E-state index contributed by atoms with van der Waals surface area (Å²) in [4.78, 5) is 38.1. The zero-order valence-corrected chi connectivity index (χ0v) is 52.6. The monoisotopic (exact) mass is 1100 g/mol. The molecule has 0 aliphatic heterocycles. The lowest BCUT2D eigenvalue weighted by Crippen LogP contribution is -2.30. The summed E-state index contributed by atoms with van der Waals surface area (Å²) in [6.45, 7) is 6.52. The van der Waals surface area contributed by atoms with Gasteiger partial charge in [0, 0.05) is 19.3 Å². The van der Waals surface area contributed by atoms with E-state index in [1.807, 2.05) is 0 Å². The Morgan fingerprint density at radius 1 is 0.266 bits per heavy atom. The smallest absolute Gasteiger partial charge is 0.306 e. The molecule has 0 aliphatic rings. The van der Waals surface area contributed by atoms with Gasteiger partial charge in [-0.1, -0.05) is 318 Å². The Balaban J connectivity index is 4.05. The topological polar surface area (TPSA) is 78.9 Å². The summed E-state index contributed by atoms with van der Waals surface area (Å²) >= 11 is 0. The number of hydrogen-bond donors (Lipinski definition) is 0. The summed E-state index contributed by atoms with van der Waals surface area (Å²) in [5.74, 6) is -0.878. The lowest BCUT2D eigenvalue weighted by molar-refractivity contribution is -0.167. The first-order valence-corrected chi connectivity index (χ1v) is 34.4. The molecule has 1 unspecified atom stereocenters. The van der Waals surface area contributed by atoms with Crippen LogP contribution in [-0.4, -0.2) is 37.2 Å². The third kappa shape index (κ3) is 65.5. The molecular formula is C73H130O6. The van der Waals surface area contributed by atoms with Crippen molar-refractivity contribution in [1.29, 1.82) is 0 Å². The van der Waals surface area contributed by atoms with E-state index in [2.05, 4.69) is 93.7 Å². The van der Waals surface area contributed by atoms with E-state index in [0.717, 1.165) is 96.3 Å². The highest BCUT2D eigenvalue weighted by atomic mass is 16.6. The average molecular weight is 1100 g/mol. The molecule has 0 aromatic carbocycles. The largest absolute Gasteiger partial charge is 0.462 e. The third-order valence-corrected chi connectivity index (χ3v) is 15.2. The van der Waals surface area contributed by atoms with Crippen molar-refractivity contribution in [3.63, 3.8) is 0 Å². The standard InChI is InChI=1S/C73H130O6/c1-4-7-10-13-16-18-20-22-24-26-28-30-32-33-34-35-36-37-38-39-41-42-44-46-48-50-52-54-57-60-63-66-72(75)78-69-70(68-77-71(74)65-62-59-56-15-12-9-6-3)79-73(76)67-64-61-58-55-53-51-49-47-45-43-40-31-29-27-25-23-21-19-17-14-11-8-5-2/h8,11,17,19,23,25-26,28-29,31,43,45,70H,4-7,9-10,12-16,18,20-22,24,27,30,32-42,44,46-69H2,1-3H3/b11-8-,19-17-,25-23-,28-26-,31-29-,45-43-. The van der Waals surface area contributed by atoms with E-state index >= 15 is 0 Å². The molecule has 0 bridgehead atoms. The van der Waals surface area contributed by atoms with Crippen molar-refractivity contribution >= 4 is 17.9 Å². The van der Waals surface area contributed by atoms with Crippen LogP contribution in [0.25, 0.3) is 0 Å². The molecule has 0 fully saturated rings. The highest BCUT2D eigenvalue weighted by Gasteiger charge is 2.19. The fourth-order valence-corrected chi connectivity index (χ4v) is 10.1. The Bertz CT molecular complexity index is 1450. The van der Waals surface area contributed by atoms with Gasteiger partial charge in [0.25, 0.3) is 0 Å². The Hall–Kier alpha value is -3.15. The number of unbranched alkanes of at least 4 members (excludes halogenated alkanes) is 40. The van der Waals surface area contributed by atoms with Crippen molar-refractivity contribution in [1.82, 2.24) is 0 Å². The van der Waals surface area contributed by atoms with Crippen molar-refractivity contribution in [3.05, 3.63) is 72.9 Å². The van der Waals surface area contributed by atoms with Gasteiger partial charge in [0.15, 0.2) is 6.10 Å². The summed E-state index contributed by atoms with van der Waals surface area (Å²) in [7, 11) is 0. The SMILES string of the molecule is CC/C=C\C/C=C\C/C=C\C/C=C\C/C=C\CCCCCCCCCC(=O)OC(COC(=O)CCCCCCCCC)COC(=O)CCCCCCCCCCCCCCCCCCCCC/C=C\CCCCCCCCCC. The quantitative estimate of drug-likeness (QED) is 0.0261. The Labute approximate surface area is 491 Å². The molecule has 0 N–H and O–H groups in total. The molecule has 0 amide bonds. The van der Waals surface area contributed by atoms with Crippen LogP contribution in [-0.2, 0) is 28.6 Å². The van der Waals surface area contributed by atoms with Crippen LogP contribution in [0.4, 0.5) is 0 Å². The fraction of sp³-hybridized carbons (Fsp3) is 0.795. The minimum atomic E-state index is -0.779. The minimum Gasteiger partial charge on any atom is -0.462 e. The lowest BCUT2D eigenvalue weighted by atomic mass is 10.0. The van der Waals surface area contributed by atoms with Crippen molar-refractivity contribution in [2.24, 2.45) is 0 Å². The minimum absolute atomic E-state index is 0.0764. The van der Waals surface area contributed by atoms with E-state index in [1.165, 1.54) is 218 Å². The zero-order valence-electron chi connectivity index (χ0n) is 52.6. The van der Waals surface area contributed by atoms with Crippen LogP contribution in [0.2, 0.25) is 0 Å². The molecule has 0 aromatic heterocycles. The maximum absolute atomic E-state index is 12.9. The second-order valence-electron chi connectivity index (χ2n) is 23.1. The maximum atomic E-state index is 12.9. The molecular weight excluding hydrogens is 973 g/mol. The van der Waals surface area contributed by atoms with Crippen LogP contribution in [0.1, 0.15) is 355 Å². The molecule has 6 heteroatoms.